The van der Waals surface area contributed by atoms with Gasteiger partial charge in [0.05, 0.1) is 5.52 Å². The van der Waals surface area contributed by atoms with Crippen molar-refractivity contribution in [2.24, 2.45) is 5.41 Å². The van der Waals surface area contributed by atoms with E-state index in [0.717, 1.165) is 24.1 Å². The van der Waals surface area contributed by atoms with Crippen molar-refractivity contribution < 1.29 is 0 Å². The zero-order chi connectivity index (χ0) is 16.0. The molecule has 1 aromatic carbocycles. The Balaban J connectivity index is 0.00000106. The molecule has 2 rings (SSSR count). The zero-order valence-electron chi connectivity index (χ0n) is 14.7. The molecule has 0 amide bonds. The van der Waals surface area contributed by atoms with E-state index in [1.165, 1.54) is 22.9 Å². The van der Waals surface area contributed by atoms with Gasteiger partial charge in [0.1, 0.15) is 6.33 Å². The highest BCUT2D eigenvalue weighted by atomic mass is 14.8. The molecule has 2 aromatic rings. The summed E-state index contributed by atoms with van der Waals surface area (Å²) in [6.45, 7) is 15.2. The summed E-state index contributed by atoms with van der Waals surface area (Å²) in [4.78, 5) is 8.71. The monoisotopic (exact) mass is 286 g/mol. The van der Waals surface area contributed by atoms with Gasteiger partial charge in [0.15, 0.2) is 0 Å². The van der Waals surface area contributed by atoms with Crippen molar-refractivity contribution in [1.82, 2.24) is 9.97 Å². The first kappa shape index (κ1) is 17.6. The molecular formula is C19H30N2. The second-order valence-corrected chi connectivity index (χ2v) is 6.15. The smallest absolute Gasteiger partial charge is 0.116 e. The molecule has 21 heavy (non-hydrogen) atoms. The van der Waals surface area contributed by atoms with Crippen LogP contribution in [0.2, 0.25) is 0 Å². The van der Waals surface area contributed by atoms with E-state index in [4.69, 9.17) is 0 Å². The Hall–Kier alpha value is -1.44. The third-order valence-corrected chi connectivity index (χ3v) is 4.16. The van der Waals surface area contributed by atoms with Crippen LogP contribution in [0.5, 0.6) is 0 Å². The summed E-state index contributed by atoms with van der Waals surface area (Å²) in [5.74, 6) is 0. The highest BCUT2D eigenvalue weighted by molar-refractivity contribution is 5.82. The maximum Gasteiger partial charge on any atom is 0.116 e. The van der Waals surface area contributed by atoms with Crippen molar-refractivity contribution in [2.45, 2.75) is 67.7 Å². The van der Waals surface area contributed by atoms with Crippen molar-refractivity contribution >= 4 is 10.9 Å². The van der Waals surface area contributed by atoms with Crippen LogP contribution in [0.4, 0.5) is 0 Å². The third kappa shape index (κ3) is 4.26. The molecule has 0 unspecified atom stereocenters. The molecule has 0 radical (unpaired) electrons. The van der Waals surface area contributed by atoms with E-state index < -0.39 is 0 Å². The van der Waals surface area contributed by atoms with Gasteiger partial charge in [-0.3, -0.25) is 0 Å². The first-order valence-corrected chi connectivity index (χ1v) is 8.20. The molecule has 0 saturated carbocycles. The van der Waals surface area contributed by atoms with Crippen LogP contribution < -0.4 is 0 Å². The fourth-order valence-corrected chi connectivity index (χ4v) is 2.45. The minimum Gasteiger partial charge on any atom is -0.241 e. The minimum atomic E-state index is 0.347. The van der Waals surface area contributed by atoms with Gasteiger partial charge >= 0.3 is 0 Å². The number of fused-ring (bicyclic) bond motifs is 1. The molecular weight excluding hydrogens is 256 g/mol. The van der Waals surface area contributed by atoms with Crippen molar-refractivity contribution in [3.05, 3.63) is 35.3 Å². The summed E-state index contributed by atoms with van der Waals surface area (Å²) in [6.07, 6.45) is 5.04. The van der Waals surface area contributed by atoms with Crippen molar-refractivity contribution in [3.63, 3.8) is 0 Å². The zero-order valence-corrected chi connectivity index (χ0v) is 14.7. The molecule has 0 aliphatic carbocycles. The number of aryl methyl sites for hydroxylation is 2. The van der Waals surface area contributed by atoms with Crippen LogP contribution in [0.3, 0.4) is 0 Å². The van der Waals surface area contributed by atoms with Crippen LogP contribution >= 0.6 is 0 Å². The van der Waals surface area contributed by atoms with E-state index in [9.17, 15) is 0 Å². The molecule has 0 aliphatic heterocycles. The average molecular weight is 286 g/mol. The van der Waals surface area contributed by atoms with E-state index >= 15 is 0 Å². The number of aromatic nitrogens is 2. The molecule has 0 fully saturated rings. The molecule has 2 nitrogen and oxygen atoms in total. The second kappa shape index (κ2) is 7.53. The highest BCUT2D eigenvalue weighted by Crippen LogP contribution is 2.29. The van der Waals surface area contributed by atoms with Crippen molar-refractivity contribution in [1.29, 1.82) is 0 Å². The molecule has 0 N–H and O–H groups in total. The normalized spacial score (nSPS) is 11.2. The number of hydrogen-bond donors (Lipinski definition) is 0. The van der Waals surface area contributed by atoms with Gasteiger partial charge in [0.2, 0.25) is 0 Å². The van der Waals surface area contributed by atoms with Gasteiger partial charge in [-0.05, 0) is 48.4 Å². The Morgan fingerprint density at radius 2 is 1.67 bits per heavy atom. The predicted octanol–water partition coefficient (Wildman–Crippen LogP) is 5.51. The first-order valence-electron chi connectivity index (χ1n) is 8.20. The quantitative estimate of drug-likeness (QED) is 0.741. The van der Waals surface area contributed by atoms with Gasteiger partial charge in [-0.15, -0.1) is 0 Å². The fourth-order valence-electron chi connectivity index (χ4n) is 2.45. The maximum atomic E-state index is 4.42. The molecule has 0 spiro atoms. The number of nitrogens with zero attached hydrogens (tertiary/aromatic N) is 2. The van der Waals surface area contributed by atoms with E-state index in [1.807, 2.05) is 13.8 Å². The van der Waals surface area contributed by atoms with Gasteiger partial charge in [-0.1, -0.05) is 48.0 Å². The largest absolute Gasteiger partial charge is 0.241 e. The highest BCUT2D eigenvalue weighted by Gasteiger charge is 2.18. The van der Waals surface area contributed by atoms with E-state index in [0.29, 0.717) is 5.41 Å². The van der Waals surface area contributed by atoms with Gasteiger partial charge < -0.3 is 0 Å². The molecule has 2 heteroatoms. The summed E-state index contributed by atoms with van der Waals surface area (Å²) in [6, 6.07) is 4.55. The summed E-state index contributed by atoms with van der Waals surface area (Å²) in [5, 5.41) is 1.19. The Morgan fingerprint density at radius 1 is 1.00 bits per heavy atom. The van der Waals surface area contributed by atoms with E-state index in [1.54, 1.807) is 6.33 Å². The first-order chi connectivity index (χ1) is 9.96. The van der Waals surface area contributed by atoms with E-state index in [-0.39, 0.29) is 0 Å². The molecule has 116 valence electrons. The lowest BCUT2D eigenvalue weighted by Crippen LogP contribution is -2.14. The average Bonchev–Trinajstić information content (AvgIpc) is 2.49. The van der Waals surface area contributed by atoms with Gasteiger partial charge in [-0.2, -0.15) is 0 Å². The van der Waals surface area contributed by atoms with Crippen LogP contribution in [-0.4, -0.2) is 9.97 Å². The van der Waals surface area contributed by atoms with E-state index in [2.05, 4.69) is 56.7 Å². The van der Waals surface area contributed by atoms with Crippen LogP contribution in [0, 0.1) is 12.3 Å². The van der Waals surface area contributed by atoms with Crippen molar-refractivity contribution in [2.75, 3.05) is 0 Å². The Kier molecular flexibility index (Phi) is 6.32. The number of hydrogen-bond acceptors (Lipinski definition) is 2. The standard InChI is InChI=1S/C17H24N2.C2H6/c1-6-13-8-15-12(3)18-11-19-16(15)9-14(13)10-17(4,5)7-2;1-2/h8-9,11H,6-7,10H2,1-5H3;1-2H3. The number of rotatable bonds is 4. The SMILES string of the molecule is CC.CCc1cc2c(C)ncnc2cc1CC(C)(C)CC. The van der Waals surface area contributed by atoms with Crippen LogP contribution in [0.1, 0.15) is 64.8 Å². The van der Waals surface area contributed by atoms with Crippen LogP contribution in [0.25, 0.3) is 10.9 Å². The minimum absolute atomic E-state index is 0.347. The lowest BCUT2D eigenvalue weighted by Gasteiger charge is -2.24. The molecule has 0 aliphatic rings. The Morgan fingerprint density at radius 3 is 2.24 bits per heavy atom. The van der Waals surface area contributed by atoms with Crippen molar-refractivity contribution in [3.8, 4) is 0 Å². The summed E-state index contributed by atoms with van der Waals surface area (Å²) in [7, 11) is 0. The molecule has 1 heterocycles. The van der Waals surface area contributed by atoms with Gasteiger partial charge in [-0.25, -0.2) is 9.97 Å². The summed E-state index contributed by atoms with van der Waals surface area (Å²) in [5.41, 5.74) is 5.37. The summed E-state index contributed by atoms with van der Waals surface area (Å²) >= 11 is 0. The Bertz CT molecular complexity index is 585. The molecule has 1 aromatic heterocycles. The van der Waals surface area contributed by atoms with Crippen LogP contribution in [0.15, 0.2) is 18.5 Å². The Labute approximate surface area is 130 Å². The lowest BCUT2D eigenvalue weighted by molar-refractivity contribution is 0.348. The summed E-state index contributed by atoms with van der Waals surface area (Å²) < 4.78 is 0. The van der Waals surface area contributed by atoms with Crippen LogP contribution in [-0.2, 0) is 12.8 Å². The number of benzene rings is 1. The maximum absolute atomic E-state index is 4.42. The molecule has 0 atom stereocenters. The molecule has 0 saturated heterocycles. The lowest BCUT2D eigenvalue weighted by atomic mass is 9.81. The molecule has 0 bridgehead atoms. The third-order valence-electron chi connectivity index (χ3n) is 4.16. The predicted molar refractivity (Wildman–Crippen MR) is 92.8 cm³/mol. The second-order valence-electron chi connectivity index (χ2n) is 6.15. The van der Waals surface area contributed by atoms with Gasteiger partial charge in [0.25, 0.3) is 0 Å². The fraction of sp³-hybridized carbons (Fsp3) is 0.579. The topological polar surface area (TPSA) is 25.8 Å². The van der Waals surface area contributed by atoms with Gasteiger partial charge in [0, 0.05) is 11.1 Å².